The quantitative estimate of drug-likeness (QED) is 0.434. The Hall–Kier alpha value is -0.920. The number of halogens is 2. The average molecular weight is 158 g/mol. The summed E-state index contributed by atoms with van der Waals surface area (Å²) in [6.07, 6.45) is 3.49. The third-order valence-electron chi connectivity index (χ3n) is 1.35. The minimum atomic E-state index is -0.702. The molecule has 0 saturated heterocycles. The van der Waals surface area contributed by atoms with Crippen molar-refractivity contribution in [3.63, 3.8) is 0 Å². The van der Waals surface area contributed by atoms with Crippen LogP contribution in [0.15, 0.2) is 36.0 Å². The van der Waals surface area contributed by atoms with Gasteiger partial charge < -0.3 is 0 Å². The van der Waals surface area contributed by atoms with Crippen LogP contribution in [0.5, 0.6) is 0 Å². The first kappa shape index (κ1) is 10.1. The second-order valence-corrected chi connectivity index (χ2v) is 2.21. The predicted molar refractivity (Wildman–Crippen MR) is 43.5 cm³/mol. The molecule has 0 spiro atoms. The summed E-state index contributed by atoms with van der Waals surface area (Å²) < 4.78 is 25.0. The monoisotopic (exact) mass is 158 g/mol. The summed E-state index contributed by atoms with van der Waals surface area (Å²) in [5, 5.41) is 0. The van der Waals surface area contributed by atoms with E-state index in [1.807, 2.05) is 0 Å². The smallest absolute Gasteiger partial charge is 0.121 e. The van der Waals surface area contributed by atoms with Crippen LogP contribution in [0.3, 0.4) is 0 Å². The van der Waals surface area contributed by atoms with Crippen LogP contribution in [-0.4, -0.2) is 0 Å². The molecular formula is C9H12F2. The van der Waals surface area contributed by atoms with Gasteiger partial charge in [-0.3, -0.25) is 0 Å². The molecule has 0 atom stereocenters. The van der Waals surface area contributed by atoms with Gasteiger partial charge in [-0.25, -0.2) is 8.78 Å². The van der Waals surface area contributed by atoms with E-state index in [9.17, 15) is 8.78 Å². The van der Waals surface area contributed by atoms with Gasteiger partial charge in [0.1, 0.15) is 11.7 Å². The Balaban J connectivity index is 4.28. The summed E-state index contributed by atoms with van der Waals surface area (Å²) in [6, 6.07) is 0. The Bertz CT molecular complexity index is 200. The fourth-order valence-electron chi connectivity index (χ4n) is 0.522. The largest absolute Gasteiger partial charge is 0.211 e. The van der Waals surface area contributed by atoms with Gasteiger partial charge in [-0.05, 0) is 13.8 Å². The van der Waals surface area contributed by atoms with E-state index < -0.39 is 11.7 Å². The van der Waals surface area contributed by atoms with E-state index in [0.29, 0.717) is 0 Å². The highest BCUT2D eigenvalue weighted by Gasteiger charge is 2.01. The first-order valence-electron chi connectivity index (χ1n) is 3.40. The molecule has 0 radical (unpaired) electrons. The molecule has 0 aliphatic heterocycles. The second kappa shape index (κ2) is 4.83. The zero-order chi connectivity index (χ0) is 8.85. The highest BCUT2D eigenvalue weighted by molar-refractivity contribution is 5.24. The van der Waals surface area contributed by atoms with Gasteiger partial charge in [0.2, 0.25) is 0 Å². The molecular weight excluding hydrogens is 146 g/mol. The molecule has 0 unspecified atom stereocenters. The van der Waals surface area contributed by atoms with Crippen LogP contribution in [0, 0.1) is 0 Å². The van der Waals surface area contributed by atoms with Crippen LogP contribution in [-0.2, 0) is 0 Å². The van der Waals surface area contributed by atoms with E-state index in [-0.39, 0.29) is 12.0 Å². The van der Waals surface area contributed by atoms with E-state index in [4.69, 9.17) is 0 Å². The standard InChI is InChI=1S/C9H12F2/c1-4-5-6-9(11)7(2)8(3)10/h4-5H,3,6H2,1-2H3/b5-4-,9-7+. The molecule has 11 heavy (non-hydrogen) atoms. The molecule has 0 rings (SSSR count). The molecule has 0 amide bonds. The zero-order valence-electron chi connectivity index (χ0n) is 6.82. The molecule has 62 valence electrons. The summed E-state index contributed by atoms with van der Waals surface area (Å²) in [5.74, 6) is -1.16. The van der Waals surface area contributed by atoms with E-state index in [1.54, 1.807) is 19.1 Å². The van der Waals surface area contributed by atoms with Gasteiger partial charge in [0.05, 0.1) is 0 Å². The van der Waals surface area contributed by atoms with Crippen molar-refractivity contribution in [3.05, 3.63) is 36.0 Å². The number of hydrogen-bond donors (Lipinski definition) is 0. The van der Waals surface area contributed by atoms with Crippen LogP contribution in [0.1, 0.15) is 20.3 Å². The maximum Gasteiger partial charge on any atom is 0.121 e. The van der Waals surface area contributed by atoms with Gasteiger partial charge in [0.25, 0.3) is 0 Å². The van der Waals surface area contributed by atoms with E-state index >= 15 is 0 Å². The molecule has 0 aromatic heterocycles. The normalized spacial score (nSPS) is 13.5. The highest BCUT2D eigenvalue weighted by Crippen LogP contribution is 2.17. The van der Waals surface area contributed by atoms with Crippen molar-refractivity contribution in [3.8, 4) is 0 Å². The minimum Gasteiger partial charge on any atom is -0.211 e. The maximum absolute atomic E-state index is 12.8. The van der Waals surface area contributed by atoms with Crippen molar-refractivity contribution in [2.24, 2.45) is 0 Å². The zero-order valence-corrected chi connectivity index (χ0v) is 6.82. The molecule has 0 heterocycles. The molecule has 0 aliphatic carbocycles. The Morgan fingerprint density at radius 3 is 2.36 bits per heavy atom. The topological polar surface area (TPSA) is 0 Å². The fourth-order valence-corrected chi connectivity index (χ4v) is 0.522. The summed E-state index contributed by atoms with van der Waals surface area (Å²) in [7, 11) is 0. The molecule has 0 aromatic rings. The summed E-state index contributed by atoms with van der Waals surface area (Å²) in [5.41, 5.74) is 0.00287. The fraction of sp³-hybridized carbons (Fsp3) is 0.333. The lowest BCUT2D eigenvalue weighted by Crippen LogP contribution is -1.81. The lowest BCUT2D eigenvalue weighted by atomic mass is 10.2. The predicted octanol–water partition coefficient (Wildman–Crippen LogP) is 3.68. The van der Waals surface area contributed by atoms with Gasteiger partial charge in [0.15, 0.2) is 0 Å². The minimum absolute atomic E-state index is 0.00287. The Labute approximate surface area is 65.9 Å². The van der Waals surface area contributed by atoms with Crippen LogP contribution in [0.4, 0.5) is 8.78 Å². The first-order valence-corrected chi connectivity index (χ1v) is 3.40. The van der Waals surface area contributed by atoms with E-state index in [0.717, 1.165) is 0 Å². The lowest BCUT2D eigenvalue weighted by Gasteiger charge is -1.96. The van der Waals surface area contributed by atoms with Crippen LogP contribution < -0.4 is 0 Å². The molecule has 0 bridgehead atoms. The van der Waals surface area contributed by atoms with Crippen LogP contribution in [0.25, 0.3) is 0 Å². The average Bonchev–Trinajstić information content (AvgIpc) is 1.98. The second-order valence-electron chi connectivity index (χ2n) is 2.21. The van der Waals surface area contributed by atoms with Crippen LogP contribution in [0.2, 0.25) is 0 Å². The van der Waals surface area contributed by atoms with Crippen molar-refractivity contribution in [2.45, 2.75) is 20.3 Å². The molecule has 0 aromatic carbocycles. The van der Waals surface area contributed by atoms with Gasteiger partial charge in [-0.2, -0.15) is 0 Å². The van der Waals surface area contributed by atoms with Gasteiger partial charge in [0, 0.05) is 12.0 Å². The summed E-state index contributed by atoms with van der Waals surface area (Å²) in [6.45, 7) is 6.16. The first-order chi connectivity index (χ1) is 5.09. The highest BCUT2D eigenvalue weighted by atomic mass is 19.1. The molecule has 0 fully saturated rings. The van der Waals surface area contributed by atoms with Crippen LogP contribution >= 0.6 is 0 Å². The Kier molecular flexibility index (Phi) is 4.42. The van der Waals surface area contributed by atoms with Gasteiger partial charge >= 0.3 is 0 Å². The lowest BCUT2D eigenvalue weighted by molar-refractivity contribution is 0.581. The summed E-state index contributed by atoms with van der Waals surface area (Å²) in [4.78, 5) is 0. The molecule has 0 nitrogen and oxygen atoms in total. The van der Waals surface area contributed by atoms with Crippen molar-refractivity contribution in [1.29, 1.82) is 0 Å². The SMILES string of the molecule is C=C(F)/C(C)=C(/F)C/C=C\C. The Morgan fingerprint density at radius 2 is 2.00 bits per heavy atom. The number of rotatable bonds is 3. The molecule has 0 aliphatic rings. The van der Waals surface area contributed by atoms with Crippen molar-refractivity contribution >= 4 is 0 Å². The molecule has 0 saturated carbocycles. The van der Waals surface area contributed by atoms with E-state index in [2.05, 4.69) is 6.58 Å². The van der Waals surface area contributed by atoms with Gasteiger partial charge in [-0.1, -0.05) is 18.7 Å². The van der Waals surface area contributed by atoms with Crippen molar-refractivity contribution in [2.75, 3.05) is 0 Å². The summed E-state index contributed by atoms with van der Waals surface area (Å²) >= 11 is 0. The number of hydrogen-bond acceptors (Lipinski definition) is 0. The van der Waals surface area contributed by atoms with Crippen molar-refractivity contribution < 1.29 is 8.78 Å². The maximum atomic E-state index is 12.8. The third kappa shape index (κ3) is 3.71. The van der Waals surface area contributed by atoms with Gasteiger partial charge in [-0.15, -0.1) is 0 Å². The Morgan fingerprint density at radius 1 is 1.45 bits per heavy atom. The molecule has 2 heteroatoms. The number of allylic oxidation sites excluding steroid dienone is 5. The van der Waals surface area contributed by atoms with E-state index in [1.165, 1.54) is 6.92 Å². The van der Waals surface area contributed by atoms with Crippen molar-refractivity contribution in [1.82, 2.24) is 0 Å². The third-order valence-corrected chi connectivity index (χ3v) is 1.35. The molecule has 0 N–H and O–H groups in total.